The Labute approximate surface area is 88.7 Å². The summed E-state index contributed by atoms with van der Waals surface area (Å²) in [4.78, 5) is 14.0. The summed E-state index contributed by atoms with van der Waals surface area (Å²) in [6.07, 6.45) is -4.44. The summed E-state index contributed by atoms with van der Waals surface area (Å²) in [6, 6.07) is 7.54. The van der Waals surface area contributed by atoms with Gasteiger partial charge < -0.3 is 0 Å². The van der Waals surface area contributed by atoms with E-state index in [9.17, 15) is 18.0 Å². The van der Waals surface area contributed by atoms with Crippen LogP contribution >= 0.6 is 0 Å². The lowest BCUT2D eigenvalue weighted by Crippen LogP contribution is -2.11. The largest absolute Gasteiger partial charge is 0.434 e. The fraction of sp³-hybridized carbons (Fsp3) is 0.0909. The van der Waals surface area contributed by atoms with Crippen LogP contribution in [0.4, 0.5) is 13.2 Å². The fourth-order valence-corrected chi connectivity index (χ4v) is 1.45. The molecule has 0 spiro atoms. The topological polar surface area (TPSA) is 30.0 Å². The van der Waals surface area contributed by atoms with E-state index in [1.807, 2.05) is 0 Å². The number of carbonyl (C=O) groups is 1. The highest BCUT2D eigenvalue weighted by Gasteiger charge is 2.35. The smallest absolute Gasteiger partial charge is 0.298 e. The van der Waals surface area contributed by atoms with Crippen LogP contribution in [0.1, 0.15) is 16.1 Å². The molecule has 0 radical (unpaired) electrons. The Balaban J connectivity index is 2.77. The second-order valence-corrected chi connectivity index (χ2v) is 3.23. The van der Waals surface area contributed by atoms with Crippen molar-refractivity contribution < 1.29 is 18.0 Å². The van der Waals surface area contributed by atoms with E-state index >= 15 is 0 Å². The van der Waals surface area contributed by atoms with Gasteiger partial charge in [-0.2, -0.15) is 13.2 Å². The number of benzene rings is 1. The fourth-order valence-electron chi connectivity index (χ4n) is 1.45. The summed E-state index contributed by atoms with van der Waals surface area (Å²) in [7, 11) is 0. The zero-order valence-corrected chi connectivity index (χ0v) is 7.95. The second-order valence-electron chi connectivity index (χ2n) is 3.23. The van der Waals surface area contributed by atoms with Crippen molar-refractivity contribution >= 4 is 17.2 Å². The molecular weight excluding hydrogens is 219 g/mol. The quantitative estimate of drug-likeness (QED) is 0.698. The predicted molar refractivity (Wildman–Crippen MR) is 52.1 cm³/mol. The Kier molecular flexibility index (Phi) is 2.38. The molecule has 82 valence electrons. The number of alkyl halides is 3. The van der Waals surface area contributed by atoms with E-state index in [0.717, 1.165) is 0 Å². The maximum atomic E-state index is 12.5. The van der Waals surface area contributed by atoms with Crippen LogP contribution < -0.4 is 0 Å². The molecule has 2 rings (SSSR count). The highest BCUT2D eigenvalue weighted by molar-refractivity contribution is 5.87. The molecule has 5 heteroatoms. The van der Waals surface area contributed by atoms with E-state index in [-0.39, 0.29) is 11.8 Å². The molecule has 0 aliphatic rings. The number of aldehydes is 1. The van der Waals surface area contributed by atoms with E-state index in [4.69, 9.17) is 0 Å². The lowest BCUT2D eigenvalue weighted by molar-refractivity contribution is -0.141. The summed E-state index contributed by atoms with van der Waals surface area (Å²) >= 11 is 0. The highest BCUT2D eigenvalue weighted by atomic mass is 19.4. The summed E-state index contributed by atoms with van der Waals surface area (Å²) in [6.45, 7) is 0. The molecular formula is C11H6F3NO. The Morgan fingerprint density at radius 2 is 1.88 bits per heavy atom. The number of fused-ring (bicyclic) bond motifs is 1. The van der Waals surface area contributed by atoms with Gasteiger partial charge in [-0.15, -0.1) is 0 Å². The van der Waals surface area contributed by atoms with Crippen LogP contribution in [0.3, 0.4) is 0 Å². The van der Waals surface area contributed by atoms with Crippen molar-refractivity contribution in [1.82, 2.24) is 4.98 Å². The van der Waals surface area contributed by atoms with Crippen molar-refractivity contribution in [3.05, 3.63) is 41.6 Å². The third-order valence-corrected chi connectivity index (χ3v) is 2.15. The van der Waals surface area contributed by atoms with Gasteiger partial charge in [0.1, 0.15) is 0 Å². The van der Waals surface area contributed by atoms with Gasteiger partial charge in [0.25, 0.3) is 0 Å². The van der Waals surface area contributed by atoms with Gasteiger partial charge >= 0.3 is 6.18 Å². The zero-order valence-electron chi connectivity index (χ0n) is 7.95. The molecule has 0 unspecified atom stereocenters. The van der Waals surface area contributed by atoms with Gasteiger partial charge in [0, 0.05) is 10.9 Å². The van der Waals surface area contributed by atoms with E-state index in [1.165, 1.54) is 12.1 Å². The molecule has 0 aliphatic carbocycles. The molecule has 2 aromatic rings. The third kappa shape index (κ3) is 1.76. The van der Waals surface area contributed by atoms with Crippen LogP contribution in [-0.2, 0) is 6.18 Å². The zero-order chi connectivity index (χ0) is 11.8. The first-order valence-corrected chi connectivity index (χ1v) is 4.44. The van der Waals surface area contributed by atoms with E-state index in [0.29, 0.717) is 5.39 Å². The van der Waals surface area contributed by atoms with Crippen molar-refractivity contribution in [2.75, 3.05) is 0 Å². The van der Waals surface area contributed by atoms with E-state index in [2.05, 4.69) is 4.98 Å². The van der Waals surface area contributed by atoms with Crippen molar-refractivity contribution in [2.45, 2.75) is 6.18 Å². The number of halogens is 3. The molecule has 0 atom stereocenters. The van der Waals surface area contributed by atoms with Crippen molar-refractivity contribution in [1.29, 1.82) is 0 Å². The summed E-state index contributed by atoms with van der Waals surface area (Å²) in [5.74, 6) is 0. The normalized spacial score (nSPS) is 11.7. The average molecular weight is 225 g/mol. The molecule has 1 aromatic heterocycles. The van der Waals surface area contributed by atoms with Crippen LogP contribution in [0.15, 0.2) is 30.3 Å². The highest BCUT2D eigenvalue weighted by Crippen LogP contribution is 2.31. The van der Waals surface area contributed by atoms with Crippen molar-refractivity contribution in [2.24, 2.45) is 0 Å². The minimum absolute atomic E-state index is 0.169. The molecule has 0 saturated heterocycles. The van der Waals surface area contributed by atoms with Crippen LogP contribution in [0.25, 0.3) is 10.9 Å². The van der Waals surface area contributed by atoms with Crippen molar-refractivity contribution in [3.8, 4) is 0 Å². The number of hydrogen-bond donors (Lipinski definition) is 0. The molecule has 0 fully saturated rings. The summed E-state index contributed by atoms with van der Waals surface area (Å²) in [5.41, 5.74) is -1.35. The maximum absolute atomic E-state index is 12.5. The van der Waals surface area contributed by atoms with Gasteiger partial charge in [-0.3, -0.25) is 4.79 Å². The van der Waals surface area contributed by atoms with Crippen LogP contribution in [0, 0.1) is 0 Å². The minimum Gasteiger partial charge on any atom is -0.298 e. The van der Waals surface area contributed by atoms with Crippen molar-refractivity contribution in [3.63, 3.8) is 0 Å². The van der Waals surface area contributed by atoms with Gasteiger partial charge in [0.2, 0.25) is 0 Å². The molecule has 1 heterocycles. The summed E-state index contributed by atoms with van der Waals surface area (Å²) in [5, 5.41) is 0.512. The Hall–Kier alpha value is -1.91. The predicted octanol–water partition coefficient (Wildman–Crippen LogP) is 3.07. The molecule has 0 saturated carbocycles. The number of hydrogen-bond acceptors (Lipinski definition) is 2. The standard InChI is InChI=1S/C11H6F3NO/c12-11(13,14)10-8(6-16)5-7-3-1-2-4-9(7)15-10/h1-6H. The molecule has 2 nitrogen and oxygen atoms in total. The SMILES string of the molecule is O=Cc1cc2ccccc2nc1C(F)(F)F. The van der Waals surface area contributed by atoms with E-state index in [1.54, 1.807) is 18.2 Å². The monoisotopic (exact) mass is 225 g/mol. The van der Waals surface area contributed by atoms with Gasteiger partial charge in [0.05, 0.1) is 5.52 Å². The molecule has 1 aromatic carbocycles. The number of pyridine rings is 1. The third-order valence-electron chi connectivity index (χ3n) is 2.15. The summed E-state index contributed by atoms with van der Waals surface area (Å²) < 4.78 is 37.6. The molecule has 0 aliphatic heterocycles. The lowest BCUT2D eigenvalue weighted by Gasteiger charge is -2.09. The first kappa shape index (κ1) is 10.6. The number of aromatic nitrogens is 1. The van der Waals surface area contributed by atoms with Gasteiger partial charge in [0.15, 0.2) is 12.0 Å². The average Bonchev–Trinajstić information content (AvgIpc) is 2.26. The van der Waals surface area contributed by atoms with Crippen LogP contribution in [-0.4, -0.2) is 11.3 Å². The van der Waals surface area contributed by atoms with E-state index < -0.39 is 17.4 Å². The first-order valence-electron chi connectivity index (χ1n) is 4.44. The van der Waals surface area contributed by atoms with Crippen LogP contribution in [0.5, 0.6) is 0 Å². The first-order chi connectivity index (χ1) is 7.52. The van der Waals surface area contributed by atoms with Gasteiger partial charge in [-0.1, -0.05) is 18.2 Å². The van der Waals surface area contributed by atoms with Gasteiger partial charge in [-0.25, -0.2) is 4.98 Å². The van der Waals surface area contributed by atoms with Crippen LogP contribution in [0.2, 0.25) is 0 Å². The lowest BCUT2D eigenvalue weighted by atomic mass is 10.1. The van der Waals surface area contributed by atoms with Gasteiger partial charge in [-0.05, 0) is 12.1 Å². The number of para-hydroxylation sites is 1. The molecule has 0 N–H and O–H groups in total. The second kappa shape index (κ2) is 3.59. The number of nitrogens with zero attached hydrogens (tertiary/aromatic N) is 1. The maximum Gasteiger partial charge on any atom is 0.434 e. The number of rotatable bonds is 1. The number of carbonyl (C=O) groups excluding carboxylic acids is 1. The molecule has 0 bridgehead atoms. The molecule has 0 amide bonds. The Morgan fingerprint density at radius 3 is 2.50 bits per heavy atom. The Bertz CT molecular complexity index is 548. The minimum atomic E-state index is -4.61. The molecule has 16 heavy (non-hydrogen) atoms. The Morgan fingerprint density at radius 1 is 1.19 bits per heavy atom.